The third kappa shape index (κ3) is 10.7. The molecule has 0 aromatic heterocycles. The van der Waals surface area contributed by atoms with E-state index in [0.717, 1.165) is 41.6 Å². The van der Waals surface area contributed by atoms with E-state index in [1.165, 1.54) is 23.5 Å². The topological polar surface area (TPSA) is 236 Å². The normalized spacial score (nSPS) is 16.9. The van der Waals surface area contributed by atoms with Crippen LogP contribution in [0.5, 0.6) is 0 Å². The molecule has 2 heterocycles. The summed E-state index contributed by atoms with van der Waals surface area (Å²) in [5.74, 6) is -0.607. The minimum atomic E-state index is -4.93. The highest BCUT2D eigenvalue weighted by Gasteiger charge is 2.46. The Balaban J connectivity index is 1.36. The van der Waals surface area contributed by atoms with Crippen LogP contribution in [0.4, 0.5) is 11.4 Å². The lowest BCUT2D eigenvalue weighted by atomic mass is 9.79. The molecule has 2 aliphatic rings. The van der Waals surface area contributed by atoms with E-state index in [9.17, 15) is 52.1 Å². The fourth-order valence-corrected chi connectivity index (χ4v) is 12.7. The summed E-state index contributed by atoms with van der Waals surface area (Å²) in [4.78, 5) is 13.0. The molecule has 0 saturated heterocycles. The maximum Gasteiger partial charge on any atom is 0.295 e. The lowest BCUT2D eigenvalue weighted by molar-refractivity contribution is -0.436. The van der Waals surface area contributed by atoms with Crippen molar-refractivity contribution in [2.75, 3.05) is 43.9 Å². The molecule has 2 radical (unpaired) electrons. The molecule has 2 aliphatic heterocycles. The highest BCUT2D eigenvalue weighted by molar-refractivity contribution is 7.89. The first-order chi connectivity index (χ1) is 31.7. The van der Waals surface area contributed by atoms with E-state index in [-0.39, 0.29) is 53.9 Å². The number of nitrogens with zero attached hydrogens (tertiary/aromatic N) is 3. The van der Waals surface area contributed by atoms with Gasteiger partial charge in [-0.2, -0.15) is 29.8 Å². The van der Waals surface area contributed by atoms with Crippen molar-refractivity contribution in [1.82, 2.24) is 9.62 Å². The molecule has 0 saturated carbocycles. The summed E-state index contributed by atoms with van der Waals surface area (Å²) < 4.78 is 134. The number of carbonyl (C=O) groups is 1. The summed E-state index contributed by atoms with van der Waals surface area (Å²) >= 11 is 0. The van der Waals surface area contributed by atoms with Crippen molar-refractivity contribution >= 4 is 84.9 Å². The van der Waals surface area contributed by atoms with Crippen LogP contribution in [0, 0.1) is 6.92 Å². The van der Waals surface area contributed by atoms with Crippen molar-refractivity contribution in [3.05, 3.63) is 109 Å². The van der Waals surface area contributed by atoms with Crippen molar-refractivity contribution in [2.45, 2.75) is 98.7 Å². The molecular formula is C48H59N4O12S4+. The van der Waals surface area contributed by atoms with Gasteiger partial charge >= 0.3 is 0 Å². The van der Waals surface area contributed by atoms with Gasteiger partial charge in [0.15, 0.2) is 5.71 Å². The minimum absolute atomic E-state index is 0.0611. The molecule has 6 rings (SSSR count). The van der Waals surface area contributed by atoms with Crippen LogP contribution in [0.15, 0.2) is 105 Å². The number of anilines is 1. The summed E-state index contributed by atoms with van der Waals surface area (Å²) in [7, 11) is -16.6. The number of sulfonamides is 1. The van der Waals surface area contributed by atoms with Gasteiger partial charge in [0.1, 0.15) is 11.4 Å². The van der Waals surface area contributed by atoms with Crippen LogP contribution >= 0.6 is 0 Å². The minimum Gasteiger partial charge on any atom is -0.356 e. The van der Waals surface area contributed by atoms with Gasteiger partial charge in [0, 0.05) is 84.8 Å². The predicted molar refractivity (Wildman–Crippen MR) is 264 cm³/mol. The molecule has 0 fully saturated rings. The Bertz CT molecular complexity index is 3250. The molecule has 4 aromatic rings. The highest BCUT2D eigenvalue weighted by Crippen LogP contribution is 2.52. The number of hydrogen-bond acceptors (Lipinski definition) is 10. The van der Waals surface area contributed by atoms with Gasteiger partial charge in [0.05, 0.1) is 21.0 Å². The van der Waals surface area contributed by atoms with Gasteiger partial charge in [-0.05, 0) is 92.8 Å². The standard InChI is InChI=1S/C48H58N4O12S4/c1-8-10-26-49-44(53)21-15-28-50(7)66(57,58)40-18-14-17-36-34(40)22-24-38-45(36)47(3,4)43(52(38)29-16-30-65(54,55)56)20-13-11-12-19-42-48(5,6)46-37-31-33(67(59,60)61)32-41(68(62,63)64)35(37)23-25-39(46)51(42)27-9-2/h2,11-14,17-20,22-25,31-32H,8-10,15-16,21,26-30H2,1,3-7H3,(H3-,49,53,54,55,56,59,60,61,62,63,64)/p+1. The first kappa shape index (κ1) is 52.6. The Labute approximate surface area is 400 Å². The fourth-order valence-electron chi connectivity index (χ4n) is 9.44. The number of carbonyl (C=O) groups excluding carboxylic acids is 1. The number of rotatable bonds is 20. The molecule has 16 nitrogen and oxygen atoms in total. The van der Waals surface area contributed by atoms with Crippen molar-refractivity contribution in [2.24, 2.45) is 0 Å². The first-order valence-electron chi connectivity index (χ1n) is 22.2. The molecule has 68 heavy (non-hydrogen) atoms. The Kier molecular flexibility index (Phi) is 15.4. The summed E-state index contributed by atoms with van der Waals surface area (Å²) in [5.41, 5.74) is 2.57. The van der Waals surface area contributed by atoms with Crippen molar-refractivity contribution in [3.63, 3.8) is 0 Å². The van der Waals surface area contributed by atoms with E-state index < -0.39 is 66.8 Å². The molecule has 1 amide bonds. The second-order valence-corrected chi connectivity index (χ2v) is 24.4. The quantitative estimate of drug-likeness (QED) is 0.0294. The lowest BCUT2D eigenvalue weighted by Gasteiger charge is -2.27. The second-order valence-electron chi connectivity index (χ2n) is 18.0. The summed E-state index contributed by atoms with van der Waals surface area (Å²) in [6.45, 7) is 17.1. The fraction of sp³-hybridized carbons (Fsp3) is 0.396. The van der Waals surface area contributed by atoms with Gasteiger partial charge in [-0.1, -0.05) is 63.6 Å². The van der Waals surface area contributed by atoms with Crippen molar-refractivity contribution < 1.29 is 56.7 Å². The van der Waals surface area contributed by atoms with Gasteiger partial charge in [-0.3, -0.25) is 18.5 Å². The third-order valence-corrected chi connectivity index (χ3v) is 17.0. The predicted octanol–water partition coefficient (Wildman–Crippen LogP) is 7.35. The summed E-state index contributed by atoms with van der Waals surface area (Å²) in [5, 5.41) is 4.29. The number of fused-ring (bicyclic) bond motifs is 6. The van der Waals surface area contributed by atoms with E-state index in [1.807, 2.05) is 68.4 Å². The maximum absolute atomic E-state index is 14.1. The Morgan fingerprint density at radius 2 is 1.49 bits per heavy atom. The van der Waals surface area contributed by atoms with Gasteiger partial charge in [-0.25, -0.2) is 12.7 Å². The number of hydrogen-bond donors (Lipinski definition) is 4. The van der Waals surface area contributed by atoms with Gasteiger partial charge in [0.2, 0.25) is 21.6 Å². The number of unbranched alkanes of at least 4 members (excludes halogenated alkanes) is 1. The SMILES string of the molecule is [CH]CC[N+]1=C(/C=C/C=C/C=C2/N(CCCS(=O)(=O)O)c3ccc4c(S(=O)(=O)N(C)CCCC(=O)NCCCC)cccc4c3C2(C)C)C(C)(C)c2c1ccc1c(S(=O)(=O)O)cc(S(=O)(=O)O)cc21. The van der Waals surface area contributed by atoms with Crippen LogP contribution in [0.2, 0.25) is 0 Å². The summed E-state index contributed by atoms with van der Waals surface area (Å²) in [6, 6.07) is 13.7. The zero-order chi connectivity index (χ0) is 50.2. The average molecular weight is 1010 g/mol. The molecule has 4 aromatic carbocycles. The van der Waals surface area contributed by atoms with Crippen LogP contribution in [0.3, 0.4) is 0 Å². The summed E-state index contributed by atoms with van der Waals surface area (Å²) in [6.07, 6.45) is 11.7. The third-order valence-electron chi connectivity index (χ3n) is 12.6. The molecule has 0 atom stereocenters. The Morgan fingerprint density at radius 3 is 2.13 bits per heavy atom. The lowest BCUT2D eigenvalue weighted by Crippen LogP contribution is -2.30. The molecule has 4 N–H and O–H groups in total. The second kappa shape index (κ2) is 19.9. The van der Waals surface area contributed by atoms with E-state index in [0.29, 0.717) is 41.5 Å². The number of allylic oxidation sites excluding steroid dienone is 6. The van der Waals surface area contributed by atoms with Crippen molar-refractivity contribution in [3.8, 4) is 0 Å². The smallest absolute Gasteiger partial charge is 0.295 e. The molecule has 20 heteroatoms. The molecule has 0 unspecified atom stereocenters. The van der Waals surface area contributed by atoms with Crippen LogP contribution < -0.4 is 10.2 Å². The van der Waals surface area contributed by atoms with Crippen molar-refractivity contribution in [1.29, 1.82) is 0 Å². The van der Waals surface area contributed by atoms with Gasteiger partial charge in [0.25, 0.3) is 30.4 Å². The van der Waals surface area contributed by atoms with E-state index in [1.54, 1.807) is 42.5 Å². The van der Waals surface area contributed by atoms with Crippen LogP contribution in [0.25, 0.3) is 21.5 Å². The van der Waals surface area contributed by atoms with E-state index in [2.05, 4.69) is 5.32 Å². The van der Waals surface area contributed by atoms with Crippen LogP contribution in [0.1, 0.15) is 84.3 Å². The van der Waals surface area contributed by atoms with E-state index >= 15 is 0 Å². The highest BCUT2D eigenvalue weighted by atomic mass is 32.2. The largest absolute Gasteiger partial charge is 0.356 e. The Hall–Kier alpha value is -4.80. The molecule has 0 aliphatic carbocycles. The number of amides is 1. The van der Waals surface area contributed by atoms with E-state index in [4.69, 9.17) is 6.92 Å². The first-order valence-corrected chi connectivity index (χ1v) is 28.1. The molecule has 0 bridgehead atoms. The zero-order valence-corrected chi connectivity index (χ0v) is 42.2. The number of nitrogens with one attached hydrogen (secondary N) is 1. The maximum atomic E-state index is 14.1. The average Bonchev–Trinajstić information content (AvgIpc) is 3.59. The monoisotopic (exact) mass is 1010 g/mol. The Morgan fingerprint density at radius 1 is 0.794 bits per heavy atom. The molecule has 366 valence electrons. The van der Waals surface area contributed by atoms with Crippen LogP contribution in [-0.2, 0) is 56.0 Å². The van der Waals surface area contributed by atoms with Gasteiger partial charge < -0.3 is 10.2 Å². The van der Waals surface area contributed by atoms with Crippen LogP contribution in [-0.4, -0.2) is 107 Å². The van der Waals surface area contributed by atoms with Gasteiger partial charge in [-0.15, -0.1) is 0 Å². The number of benzene rings is 4. The molecule has 0 spiro atoms. The molecular weight excluding hydrogens is 953 g/mol. The zero-order valence-electron chi connectivity index (χ0n) is 38.9.